The van der Waals surface area contributed by atoms with Gasteiger partial charge in [0.15, 0.2) is 0 Å². The standard InChI is InChI=1S/C19H37N5O5S3/c1-31-9-6-13(22-16(25)12(21)5-3-4-8-20)17(26)23-14(7-10-32-2)18(27)24-15(11-30)19(28)29/h12-15,30H,3-11,20-21H2,1-2H3,(H,22,25)(H,23,26)(H,24,27)(H,28,29). The Morgan fingerprint density at radius 3 is 1.72 bits per heavy atom. The summed E-state index contributed by atoms with van der Waals surface area (Å²) in [6.07, 6.45) is 6.33. The highest BCUT2D eigenvalue weighted by Crippen LogP contribution is 2.07. The van der Waals surface area contributed by atoms with E-state index in [1.54, 1.807) is 0 Å². The zero-order valence-electron chi connectivity index (χ0n) is 18.7. The van der Waals surface area contributed by atoms with Crippen molar-refractivity contribution in [2.24, 2.45) is 11.5 Å². The van der Waals surface area contributed by atoms with Gasteiger partial charge >= 0.3 is 5.97 Å². The smallest absolute Gasteiger partial charge is 0.327 e. The van der Waals surface area contributed by atoms with Crippen LogP contribution < -0.4 is 27.4 Å². The molecule has 0 radical (unpaired) electrons. The summed E-state index contributed by atoms with van der Waals surface area (Å²) in [7, 11) is 0. The van der Waals surface area contributed by atoms with E-state index in [9.17, 15) is 19.2 Å². The minimum atomic E-state index is -1.21. The fourth-order valence-electron chi connectivity index (χ4n) is 2.66. The van der Waals surface area contributed by atoms with Gasteiger partial charge in [-0.1, -0.05) is 6.42 Å². The molecular formula is C19H37N5O5S3. The molecule has 0 aromatic carbocycles. The molecule has 0 rings (SSSR count). The molecule has 0 aliphatic heterocycles. The Bertz CT molecular complexity index is 600. The topological polar surface area (TPSA) is 177 Å². The summed E-state index contributed by atoms with van der Waals surface area (Å²) in [5.74, 6) is -1.67. The normalized spacial score (nSPS) is 14.7. The minimum Gasteiger partial charge on any atom is -0.480 e. The molecule has 13 heteroatoms. The van der Waals surface area contributed by atoms with Gasteiger partial charge in [0.2, 0.25) is 17.7 Å². The van der Waals surface area contributed by atoms with Gasteiger partial charge in [-0.2, -0.15) is 36.2 Å². The highest BCUT2D eigenvalue weighted by molar-refractivity contribution is 7.98. The third kappa shape index (κ3) is 12.8. The van der Waals surface area contributed by atoms with Crippen LogP contribution in [-0.2, 0) is 19.2 Å². The maximum Gasteiger partial charge on any atom is 0.327 e. The number of carbonyl (C=O) groups is 4. The second-order valence-electron chi connectivity index (χ2n) is 7.16. The van der Waals surface area contributed by atoms with Gasteiger partial charge in [0.1, 0.15) is 18.1 Å². The second-order valence-corrected chi connectivity index (χ2v) is 9.49. The zero-order chi connectivity index (χ0) is 24.5. The Morgan fingerprint density at radius 2 is 1.31 bits per heavy atom. The first kappa shape index (κ1) is 30.9. The summed E-state index contributed by atoms with van der Waals surface area (Å²) in [5.41, 5.74) is 11.4. The molecule has 0 aromatic heterocycles. The highest BCUT2D eigenvalue weighted by Gasteiger charge is 2.29. The molecule has 10 nitrogen and oxygen atoms in total. The lowest BCUT2D eigenvalue weighted by Gasteiger charge is -2.25. The van der Waals surface area contributed by atoms with Crippen molar-refractivity contribution >= 4 is 59.8 Å². The molecule has 32 heavy (non-hydrogen) atoms. The molecule has 8 N–H and O–H groups in total. The molecule has 0 fully saturated rings. The summed E-state index contributed by atoms with van der Waals surface area (Å²) in [4.78, 5) is 49.2. The van der Waals surface area contributed by atoms with Gasteiger partial charge in [0.05, 0.1) is 6.04 Å². The van der Waals surface area contributed by atoms with Gasteiger partial charge in [-0.25, -0.2) is 4.79 Å². The number of hydrogen-bond acceptors (Lipinski definition) is 9. The maximum absolute atomic E-state index is 12.9. The molecule has 0 spiro atoms. The Kier molecular flexibility index (Phi) is 17.6. The van der Waals surface area contributed by atoms with Gasteiger partial charge in [-0.05, 0) is 56.2 Å². The molecule has 0 bridgehead atoms. The van der Waals surface area contributed by atoms with Gasteiger partial charge in [0.25, 0.3) is 0 Å². The Hall–Kier alpha value is -1.15. The third-order valence-corrected chi connectivity index (χ3v) is 6.24. The van der Waals surface area contributed by atoms with E-state index in [2.05, 4.69) is 28.6 Å². The molecular weight excluding hydrogens is 474 g/mol. The van der Waals surface area contributed by atoms with Crippen LogP contribution >= 0.6 is 36.2 Å². The van der Waals surface area contributed by atoms with Crippen molar-refractivity contribution < 1.29 is 24.3 Å². The lowest BCUT2D eigenvalue weighted by molar-refractivity contribution is -0.141. The number of thiol groups is 1. The van der Waals surface area contributed by atoms with Crippen LogP contribution in [0.25, 0.3) is 0 Å². The van der Waals surface area contributed by atoms with Crippen LogP contribution in [0.5, 0.6) is 0 Å². The Labute approximate surface area is 203 Å². The highest BCUT2D eigenvalue weighted by atomic mass is 32.2. The fourth-order valence-corrected chi connectivity index (χ4v) is 3.85. The molecule has 186 valence electrons. The molecule has 4 atom stereocenters. The number of thioether (sulfide) groups is 2. The average molecular weight is 512 g/mol. The van der Waals surface area contributed by atoms with Crippen LogP contribution in [-0.4, -0.2) is 89.3 Å². The zero-order valence-corrected chi connectivity index (χ0v) is 21.2. The first-order valence-electron chi connectivity index (χ1n) is 10.4. The lowest BCUT2D eigenvalue weighted by atomic mass is 10.1. The van der Waals surface area contributed by atoms with E-state index in [1.807, 2.05) is 12.5 Å². The summed E-state index contributed by atoms with van der Waals surface area (Å²) in [6, 6.07) is -3.73. The fraction of sp³-hybridized carbons (Fsp3) is 0.789. The van der Waals surface area contributed by atoms with E-state index in [0.717, 1.165) is 6.42 Å². The summed E-state index contributed by atoms with van der Waals surface area (Å²) < 4.78 is 0. The quantitative estimate of drug-likeness (QED) is 0.0937. The van der Waals surface area contributed by atoms with Crippen LogP contribution in [0.3, 0.4) is 0 Å². The number of rotatable bonds is 18. The van der Waals surface area contributed by atoms with E-state index in [0.29, 0.717) is 43.7 Å². The van der Waals surface area contributed by atoms with Crippen molar-refractivity contribution in [2.45, 2.75) is 56.3 Å². The van der Waals surface area contributed by atoms with Crippen LogP contribution in [0.4, 0.5) is 0 Å². The van der Waals surface area contributed by atoms with Gasteiger partial charge in [0, 0.05) is 5.75 Å². The number of nitrogens with two attached hydrogens (primary N) is 2. The van der Waals surface area contributed by atoms with Crippen molar-refractivity contribution in [1.82, 2.24) is 16.0 Å². The number of unbranched alkanes of at least 4 members (excludes halogenated alkanes) is 1. The molecule has 0 saturated heterocycles. The van der Waals surface area contributed by atoms with E-state index < -0.39 is 47.9 Å². The number of hydrogen-bond donors (Lipinski definition) is 7. The summed E-state index contributed by atoms with van der Waals surface area (Å²) >= 11 is 6.95. The SMILES string of the molecule is CSCCC(NC(=O)C(N)CCCCN)C(=O)NC(CCSC)C(=O)NC(CS)C(=O)O. The van der Waals surface area contributed by atoms with Crippen molar-refractivity contribution in [3.63, 3.8) is 0 Å². The lowest BCUT2D eigenvalue weighted by Crippen LogP contribution is -2.57. The van der Waals surface area contributed by atoms with Crippen LogP contribution in [0.2, 0.25) is 0 Å². The molecule has 0 aliphatic carbocycles. The molecule has 0 saturated carbocycles. The van der Waals surface area contributed by atoms with Gasteiger partial charge in [-0.15, -0.1) is 0 Å². The van der Waals surface area contributed by atoms with Crippen molar-refractivity contribution in [3.8, 4) is 0 Å². The first-order chi connectivity index (χ1) is 15.2. The number of carboxylic acid groups (broad SMARTS) is 1. The van der Waals surface area contributed by atoms with E-state index in [4.69, 9.17) is 16.6 Å². The van der Waals surface area contributed by atoms with Crippen LogP contribution in [0.1, 0.15) is 32.1 Å². The first-order valence-corrected chi connectivity index (χ1v) is 13.8. The van der Waals surface area contributed by atoms with Gasteiger partial charge < -0.3 is 32.5 Å². The molecule has 0 heterocycles. The molecule has 4 unspecified atom stereocenters. The maximum atomic E-state index is 12.9. The summed E-state index contributed by atoms with van der Waals surface area (Å²) in [6.45, 7) is 0.516. The molecule has 3 amide bonds. The van der Waals surface area contributed by atoms with Crippen molar-refractivity contribution in [2.75, 3.05) is 36.3 Å². The van der Waals surface area contributed by atoms with E-state index in [1.165, 1.54) is 23.5 Å². The van der Waals surface area contributed by atoms with Crippen molar-refractivity contribution in [1.29, 1.82) is 0 Å². The predicted octanol–water partition coefficient (Wildman–Crippen LogP) is -0.582. The number of amides is 3. The monoisotopic (exact) mass is 511 g/mol. The third-order valence-electron chi connectivity index (χ3n) is 4.59. The summed E-state index contributed by atoms with van der Waals surface area (Å²) in [5, 5.41) is 16.9. The number of nitrogens with one attached hydrogen (secondary N) is 3. The molecule has 0 aromatic rings. The van der Waals surface area contributed by atoms with Gasteiger partial charge in [-0.3, -0.25) is 14.4 Å². The molecule has 0 aliphatic rings. The average Bonchev–Trinajstić information content (AvgIpc) is 2.76. The van der Waals surface area contributed by atoms with Crippen LogP contribution in [0.15, 0.2) is 0 Å². The van der Waals surface area contributed by atoms with Crippen LogP contribution in [0, 0.1) is 0 Å². The second kappa shape index (κ2) is 18.3. The van der Waals surface area contributed by atoms with Crippen molar-refractivity contribution in [3.05, 3.63) is 0 Å². The number of aliphatic carboxylic acids is 1. The Balaban J connectivity index is 5.23. The number of carbonyl (C=O) groups excluding carboxylic acids is 3. The largest absolute Gasteiger partial charge is 0.480 e. The predicted molar refractivity (Wildman–Crippen MR) is 134 cm³/mol. The van der Waals surface area contributed by atoms with E-state index in [-0.39, 0.29) is 5.75 Å². The Morgan fingerprint density at radius 1 is 0.844 bits per heavy atom. The minimum absolute atomic E-state index is 0.0846. The van der Waals surface area contributed by atoms with E-state index >= 15 is 0 Å². The number of carboxylic acids is 1.